The van der Waals surface area contributed by atoms with Gasteiger partial charge >= 0.3 is 5.63 Å². The van der Waals surface area contributed by atoms with Crippen LogP contribution in [0.2, 0.25) is 0 Å². The maximum absolute atomic E-state index is 12.0. The molecule has 1 aromatic carbocycles. The monoisotopic (exact) mass is 330 g/mol. The maximum Gasteiger partial charge on any atom is 0.336 e. The summed E-state index contributed by atoms with van der Waals surface area (Å²) in [5.41, 5.74) is -0.157. The van der Waals surface area contributed by atoms with Crippen molar-refractivity contribution in [1.82, 2.24) is 0 Å². The van der Waals surface area contributed by atoms with E-state index in [4.69, 9.17) is 13.9 Å². The number of rotatable bonds is 7. The summed E-state index contributed by atoms with van der Waals surface area (Å²) < 4.78 is 16.2. The summed E-state index contributed by atoms with van der Waals surface area (Å²) in [5, 5.41) is 0.855. The molecule has 0 spiro atoms. The van der Waals surface area contributed by atoms with Gasteiger partial charge in [-0.25, -0.2) is 4.79 Å². The Balaban J connectivity index is 1.49. The lowest BCUT2D eigenvalue weighted by Crippen LogP contribution is -2.18. The number of fused-ring (bicyclic) bond motifs is 1. The van der Waals surface area contributed by atoms with Crippen molar-refractivity contribution in [3.05, 3.63) is 40.8 Å². The molecule has 24 heavy (non-hydrogen) atoms. The summed E-state index contributed by atoms with van der Waals surface area (Å²) in [7, 11) is 0. The van der Waals surface area contributed by atoms with Crippen molar-refractivity contribution < 1.29 is 18.7 Å². The molecule has 0 radical (unpaired) electrons. The van der Waals surface area contributed by atoms with E-state index in [1.807, 2.05) is 32.9 Å². The lowest BCUT2D eigenvalue weighted by Gasteiger charge is -2.11. The molecule has 1 aliphatic rings. The van der Waals surface area contributed by atoms with Crippen LogP contribution in [0.15, 0.2) is 39.5 Å². The number of epoxide rings is 1. The Kier molecular flexibility index (Phi) is 4.45. The fraction of sp³-hybridized carbons (Fsp3) is 0.474. The minimum Gasteiger partial charge on any atom is -0.493 e. The summed E-state index contributed by atoms with van der Waals surface area (Å²) in [6.45, 7) is 6.41. The third kappa shape index (κ3) is 3.85. The zero-order valence-electron chi connectivity index (χ0n) is 14.2. The van der Waals surface area contributed by atoms with Gasteiger partial charge in [0.25, 0.3) is 0 Å². The van der Waals surface area contributed by atoms with Crippen molar-refractivity contribution in [3.63, 3.8) is 0 Å². The molecule has 2 unspecified atom stereocenters. The first kappa shape index (κ1) is 16.7. The molecule has 5 nitrogen and oxygen atoms in total. The molecule has 2 aromatic rings. The van der Waals surface area contributed by atoms with E-state index in [1.54, 1.807) is 12.1 Å². The molecular weight excluding hydrogens is 308 g/mol. The van der Waals surface area contributed by atoms with Crippen LogP contribution in [0, 0.1) is 5.92 Å². The normalized spacial score (nSPS) is 19.9. The first-order chi connectivity index (χ1) is 11.3. The van der Waals surface area contributed by atoms with E-state index in [9.17, 15) is 9.59 Å². The molecule has 1 fully saturated rings. The number of hydrogen-bond acceptors (Lipinski definition) is 5. The van der Waals surface area contributed by atoms with Crippen LogP contribution in [-0.4, -0.2) is 24.1 Å². The second kappa shape index (κ2) is 6.40. The van der Waals surface area contributed by atoms with Gasteiger partial charge in [-0.05, 0) is 44.4 Å². The molecule has 0 aliphatic carbocycles. The van der Waals surface area contributed by atoms with Gasteiger partial charge in [0, 0.05) is 23.9 Å². The largest absolute Gasteiger partial charge is 0.493 e. The number of Topliss-reactive ketones (excluding diaryl/α,β-unsaturated/α-hetero) is 1. The second-order valence-electron chi connectivity index (χ2n) is 6.97. The molecule has 1 saturated heterocycles. The number of benzene rings is 1. The van der Waals surface area contributed by atoms with E-state index in [0.717, 1.165) is 11.8 Å². The van der Waals surface area contributed by atoms with Crippen molar-refractivity contribution in [2.75, 3.05) is 6.61 Å². The van der Waals surface area contributed by atoms with Gasteiger partial charge in [0.15, 0.2) is 5.78 Å². The lowest BCUT2D eigenvalue weighted by atomic mass is 9.96. The van der Waals surface area contributed by atoms with Gasteiger partial charge in [-0.3, -0.25) is 4.79 Å². The van der Waals surface area contributed by atoms with Crippen molar-refractivity contribution in [1.29, 1.82) is 0 Å². The predicted octanol–water partition coefficient (Wildman–Crippen LogP) is 3.33. The zero-order chi connectivity index (χ0) is 17.3. The predicted molar refractivity (Wildman–Crippen MR) is 90.3 cm³/mol. The summed E-state index contributed by atoms with van der Waals surface area (Å²) >= 11 is 0. The lowest BCUT2D eigenvalue weighted by molar-refractivity contribution is -0.121. The number of ether oxygens (including phenoxy) is 2. The fourth-order valence-corrected chi connectivity index (χ4v) is 2.78. The molecule has 0 N–H and O–H groups in total. The third-order valence-electron chi connectivity index (χ3n) is 4.31. The Morgan fingerprint density at radius 1 is 1.29 bits per heavy atom. The van der Waals surface area contributed by atoms with Crippen LogP contribution in [0.25, 0.3) is 11.0 Å². The van der Waals surface area contributed by atoms with Crippen LogP contribution in [0.4, 0.5) is 0 Å². The number of hydrogen-bond donors (Lipinski definition) is 0. The Morgan fingerprint density at radius 3 is 2.71 bits per heavy atom. The van der Waals surface area contributed by atoms with Gasteiger partial charge in [0.1, 0.15) is 17.4 Å². The smallest absolute Gasteiger partial charge is 0.336 e. The SMILES string of the molecule is CC(CCOc1ccc2ccc(=O)oc2c1)CC(=O)C1OC1(C)C. The second-order valence-corrected chi connectivity index (χ2v) is 6.97. The van der Waals surface area contributed by atoms with Crippen LogP contribution in [0.1, 0.15) is 33.6 Å². The highest BCUT2D eigenvalue weighted by Gasteiger charge is 2.52. The highest BCUT2D eigenvalue weighted by atomic mass is 16.6. The van der Waals surface area contributed by atoms with Crippen LogP contribution in [0.5, 0.6) is 5.75 Å². The van der Waals surface area contributed by atoms with Crippen molar-refractivity contribution in [2.24, 2.45) is 5.92 Å². The first-order valence-corrected chi connectivity index (χ1v) is 8.22. The Labute approximate surface area is 140 Å². The average Bonchev–Trinajstić information content (AvgIpc) is 3.16. The Bertz CT molecular complexity index is 805. The van der Waals surface area contributed by atoms with Crippen LogP contribution >= 0.6 is 0 Å². The summed E-state index contributed by atoms with van der Waals surface area (Å²) in [6.07, 6.45) is 1.03. The van der Waals surface area contributed by atoms with E-state index in [0.29, 0.717) is 24.4 Å². The number of carbonyl (C=O) groups is 1. The Hall–Kier alpha value is -2.14. The topological polar surface area (TPSA) is 69.0 Å². The van der Waals surface area contributed by atoms with Crippen molar-refractivity contribution in [2.45, 2.75) is 45.3 Å². The highest BCUT2D eigenvalue weighted by molar-refractivity contribution is 5.86. The fourth-order valence-electron chi connectivity index (χ4n) is 2.78. The van der Waals surface area contributed by atoms with E-state index >= 15 is 0 Å². The molecule has 2 atom stereocenters. The molecule has 0 bridgehead atoms. The van der Waals surface area contributed by atoms with E-state index in [1.165, 1.54) is 6.07 Å². The quantitative estimate of drug-likeness (QED) is 0.575. The van der Waals surface area contributed by atoms with E-state index < -0.39 is 0 Å². The molecule has 128 valence electrons. The maximum atomic E-state index is 12.0. The molecular formula is C19H22O5. The van der Waals surface area contributed by atoms with Crippen LogP contribution in [-0.2, 0) is 9.53 Å². The zero-order valence-corrected chi connectivity index (χ0v) is 14.2. The van der Waals surface area contributed by atoms with Gasteiger partial charge in [0.2, 0.25) is 0 Å². The first-order valence-electron chi connectivity index (χ1n) is 8.22. The number of carbonyl (C=O) groups excluding carboxylic acids is 1. The van der Waals surface area contributed by atoms with Crippen LogP contribution < -0.4 is 10.4 Å². The highest BCUT2D eigenvalue weighted by Crippen LogP contribution is 2.37. The van der Waals surface area contributed by atoms with Gasteiger partial charge in [0.05, 0.1) is 12.2 Å². The number of ketones is 1. The van der Waals surface area contributed by atoms with Gasteiger partial charge < -0.3 is 13.9 Å². The Morgan fingerprint density at radius 2 is 2.00 bits per heavy atom. The molecule has 5 heteroatoms. The van der Waals surface area contributed by atoms with Crippen molar-refractivity contribution >= 4 is 16.8 Å². The molecule has 0 saturated carbocycles. The average molecular weight is 330 g/mol. The van der Waals surface area contributed by atoms with Gasteiger partial charge in [-0.2, -0.15) is 0 Å². The molecule has 1 aliphatic heterocycles. The minimum atomic E-state index is -0.378. The molecule has 0 amide bonds. The van der Waals surface area contributed by atoms with E-state index in [-0.39, 0.29) is 29.0 Å². The molecule has 2 heterocycles. The molecule has 3 rings (SSSR count). The van der Waals surface area contributed by atoms with Crippen molar-refractivity contribution in [3.8, 4) is 5.75 Å². The van der Waals surface area contributed by atoms with E-state index in [2.05, 4.69) is 0 Å². The molecule has 1 aromatic heterocycles. The third-order valence-corrected chi connectivity index (χ3v) is 4.31. The van der Waals surface area contributed by atoms with Gasteiger partial charge in [-0.15, -0.1) is 0 Å². The summed E-state index contributed by atoms with van der Waals surface area (Å²) in [6, 6.07) is 8.53. The minimum absolute atomic E-state index is 0.167. The van der Waals surface area contributed by atoms with Crippen LogP contribution in [0.3, 0.4) is 0 Å². The standard InChI is InChI=1S/C19H22O5/c1-12(10-15(20)18-19(2,3)24-18)8-9-22-14-6-4-13-5-7-17(21)23-16(13)11-14/h4-7,11-12,18H,8-10H2,1-3H3. The van der Waals surface area contributed by atoms with Gasteiger partial charge in [-0.1, -0.05) is 6.92 Å². The summed E-state index contributed by atoms with van der Waals surface area (Å²) in [4.78, 5) is 23.3. The summed E-state index contributed by atoms with van der Waals surface area (Å²) in [5.74, 6) is 1.05.